The first-order valence-corrected chi connectivity index (χ1v) is 6.27. The maximum atomic E-state index is 5.80. The Morgan fingerprint density at radius 3 is 2.80 bits per heavy atom. The zero-order chi connectivity index (χ0) is 10.9. The van der Waals surface area contributed by atoms with Crippen LogP contribution in [-0.2, 0) is 16.6 Å². The van der Waals surface area contributed by atoms with Crippen molar-refractivity contribution in [1.29, 1.82) is 0 Å². The summed E-state index contributed by atoms with van der Waals surface area (Å²) < 4.78 is 5.26. The van der Waals surface area contributed by atoms with E-state index >= 15 is 0 Å². The molecular formula is C11H18N2OS. The first-order valence-electron chi connectivity index (χ1n) is 5.39. The van der Waals surface area contributed by atoms with Gasteiger partial charge in [-0.15, -0.1) is 11.3 Å². The van der Waals surface area contributed by atoms with Gasteiger partial charge in [-0.25, -0.2) is 4.98 Å². The lowest BCUT2D eigenvalue weighted by Crippen LogP contribution is -2.52. The Labute approximate surface area is 94.7 Å². The van der Waals surface area contributed by atoms with Gasteiger partial charge in [0, 0.05) is 11.9 Å². The predicted octanol–water partition coefficient (Wildman–Crippen LogP) is 1.57. The minimum Gasteiger partial charge on any atom is -0.379 e. The maximum absolute atomic E-state index is 5.80. The van der Waals surface area contributed by atoms with Crippen LogP contribution in [0.25, 0.3) is 0 Å². The van der Waals surface area contributed by atoms with Crippen LogP contribution in [0.15, 0.2) is 5.38 Å². The predicted molar refractivity (Wildman–Crippen MR) is 62.2 cm³/mol. The molecule has 1 aliphatic heterocycles. The molecule has 1 saturated heterocycles. The van der Waals surface area contributed by atoms with Crippen molar-refractivity contribution >= 4 is 11.3 Å². The third-order valence-corrected chi connectivity index (χ3v) is 3.91. The highest BCUT2D eigenvalue weighted by Crippen LogP contribution is 2.33. The largest absolute Gasteiger partial charge is 0.379 e. The standard InChI is InChI=1S/C11H18N2OS/c1-8(2)3-9-4-15-10(13-9)11(5-12)6-14-7-11/h4,8H,3,5-7,12H2,1-2H3. The molecule has 1 aromatic rings. The number of aromatic nitrogens is 1. The van der Waals surface area contributed by atoms with E-state index in [1.54, 1.807) is 11.3 Å². The molecule has 0 spiro atoms. The van der Waals surface area contributed by atoms with E-state index in [9.17, 15) is 0 Å². The SMILES string of the molecule is CC(C)Cc1csc(C2(CN)COC2)n1. The second kappa shape index (κ2) is 4.20. The third kappa shape index (κ3) is 2.07. The Morgan fingerprint density at radius 1 is 1.60 bits per heavy atom. The fourth-order valence-electron chi connectivity index (χ4n) is 1.74. The lowest BCUT2D eigenvalue weighted by Gasteiger charge is -2.38. The highest BCUT2D eigenvalue weighted by atomic mass is 32.1. The van der Waals surface area contributed by atoms with Gasteiger partial charge in [0.15, 0.2) is 0 Å². The highest BCUT2D eigenvalue weighted by Gasteiger charge is 2.41. The van der Waals surface area contributed by atoms with E-state index in [2.05, 4.69) is 24.2 Å². The molecule has 1 aromatic heterocycles. The van der Waals surface area contributed by atoms with E-state index in [4.69, 9.17) is 10.5 Å². The molecule has 0 unspecified atom stereocenters. The van der Waals surface area contributed by atoms with Crippen LogP contribution < -0.4 is 5.73 Å². The van der Waals surface area contributed by atoms with Crippen LogP contribution in [0.1, 0.15) is 24.5 Å². The van der Waals surface area contributed by atoms with Crippen molar-refractivity contribution in [2.24, 2.45) is 11.7 Å². The molecule has 0 aliphatic carbocycles. The smallest absolute Gasteiger partial charge is 0.105 e. The number of thiazole rings is 1. The minimum atomic E-state index is 0.0277. The van der Waals surface area contributed by atoms with Crippen LogP contribution in [0.2, 0.25) is 0 Å². The zero-order valence-electron chi connectivity index (χ0n) is 9.32. The summed E-state index contributed by atoms with van der Waals surface area (Å²) >= 11 is 1.73. The fraction of sp³-hybridized carbons (Fsp3) is 0.727. The van der Waals surface area contributed by atoms with Gasteiger partial charge in [0.2, 0.25) is 0 Å². The van der Waals surface area contributed by atoms with Crippen molar-refractivity contribution in [3.8, 4) is 0 Å². The first-order chi connectivity index (χ1) is 7.16. The van der Waals surface area contributed by atoms with Gasteiger partial charge in [0.1, 0.15) is 5.01 Å². The molecule has 2 heterocycles. The number of nitrogens with two attached hydrogens (primary N) is 1. The minimum absolute atomic E-state index is 0.0277. The molecule has 0 bridgehead atoms. The summed E-state index contributed by atoms with van der Waals surface area (Å²) in [6, 6.07) is 0. The van der Waals surface area contributed by atoms with Crippen molar-refractivity contribution < 1.29 is 4.74 Å². The molecule has 3 nitrogen and oxygen atoms in total. The van der Waals surface area contributed by atoms with E-state index in [1.807, 2.05) is 0 Å². The van der Waals surface area contributed by atoms with Gasteiger partial charge in [0.05, 0.1) is 24.3 Å². The van der Waals surface area contributed by atoms with Crippen molar-refractivity contribution in [3.63, 3.8) is 0 Å². The fourth-order valence-corrected chi connectivity index (χ4v) is 2.76. The average Bonchev–Trinajstić information content (AvgIpc) is 2.51. The summed E-state index contributed by atoms with van der Waals surface area (Å²) in [5.41, 5.74) is 7.02. The van der Waals surface area contributed by atoms with E-state index in [1.165, 1.54) is 5.69 Å². The number of ether oxygens (including phenoxy) is 1. The number of hydrogen-bond donors (Lipinski definition) is 1. The molecule has 1 fully saturated rings. The van der Waals surface area contributed by atoms with Crippen molar-refractivity contribution in [2.45, 2.75) is 25.7 Å². The second-order valence-electron chi connectivity index (χ2n) is 4.72. The quantitative estimate of drug-likeness (QED) is 0.847. The summed E-state index contributed by atoms with van der Waals surface area (Å²) in [7, 11) is 0. The van der Waals surface area contributed by atoms with Crippen molar-refractivity contribution in [3.05, 3.63) is 16.1 Å². The zero-order valence-corrected chi connectivity index (χ0v) is 10.1. The van der Waals surface area contributed by atoms with Crippen LogP contribution in [0.3, 0.4) is 0 Å². The van der Waals surface area contributed by atoms with Crippen LogP contribution >= 0.6 is 11.3 Å². The molecule has 84 valence electrons. The van der Waals surface area contributed by atoms with Crippen LogP contribution in [0.5, 0.6) is 0 Å². The molecule has 0 radical (unpaired) electrons. The van der Waals surface area contributed by atoms with E-state index in [0.29, 0.717) is 12.5 Å². The first kappa shape index (κ1) is 11.0. The molecule has 0 atom stereocenters. The summed E-state index contributed by atoms with van der Waals surface area (Å²) in [6.07, 6.45) is 1.05. The van der Waals surface area contributed by atoms with E-state index < -0.39 is 0 Å². The summed E-state index contributed by atoms with van der Waals surface area (Å²) in [5, 5.41) is 3.32. The molecule has 15 heavy (non-hydrogen) atoms. The molecule has 2 N–H and O–H groups in total. The molecule has 4 heteroatoms. The normalized spacial score (nSPS) is 19.2. The summed E-state index contributed by atoms with van der Waals surface area (Å²) in [4.78, 5) is 4.67. The van der Waals surface area contributed by atoms with E-state index in [0.717, 1.165) is 24.6 Å². The Hall–Kier alpha value is -0.450. The topological polar surface area (TPSA) is 48.1 Å². The molecule has 0 aromatic carbocycles. The highest BCUT2D eigenvalue weighted by molar-refractivity contribution is 7.09. The Morgan fingerprint density at radius 2 is 2.33 bits per heavy atom. The van der Waals surface area contributed by atoms with Gasteiger partial charge in [-0.1, -0.05) is 13.8 Å². The lowest BCUT2D eigenvalue weighted by molar-refractivity contribution is -0.0551. The number of nitrogens with zero attached hydrogens (tertiary/aromatic N) is 1. The van der Waals surface area contributed by atoms with Gasteiger partial charge in [-0.3, -0.25) is 0 Å². The Bertz CT molecular complexity index is 326. The molecular weight excluding hydrogens is 208 g/mol. The monoisotopic (exact) mass is 226 g/mol. The van der Waals surface area contributed by atoms with Gasteiger partial charge >= 0.3 is 0 Å². The second-order valence-corrected chi connectivity index (χ2v) is 5.58. The van der Waals surface area contributed by atoms with E-state index in [-0.39, 0.29) is 5.41 Å². The van der Waals surface area contributed by atoms with Gasteiger partial charge in [0.25, 0.3) is 0 Å². The Balaban J connectivity index is 2.12. The van der Waals surface area contributed by atoms with Gasteiger partial charge < -0.3 is 10.5 Å². The Kier molecular flexibility index (Phi) is 3.09. The lowest BCUT2D eigenvalue weighted by atomic mass is 9.87. The summed E-state index contributed by atoms with van der Waals surface area (Å²) in [5.74, 6) is 0.659. The molecule has 1 aliphatic rings. The molecule has 0 amide bonds. The summed E-state index contributed by atoms with van der Waals surface area (Å²) in [6.45, 7) is 6.53. The molecule has 0 saturated carbocycles. The number of hydrogen-bond acceptors (Lipinski definition) is 4. The van der Waals surface area contributed by atoms with Crippen LogP contribution in [-0.4, -0.2) is 24.7 Å². The van der Waals surface area contributed by atoms with Gasteiger partial charge in [-0.2, -0.15) is 0 Å². The third-order valence-electron chi connectivity index (χ3n) is 2.77. The van der Waals surface area contributed by atoms with Crippen LogP contribution in [0.4, 0.5) is 0 Å². The average molecular weight is 226 g/mol. The van der Waals surface area contributed by atoms with Crippen LogP contribution in [0, 0.1) is 5.92 Å². The molecule has 2 rings (SSSR count). The van der Waals surface area contributed by atoms with Crippen molar-refractivity contribution in [2.75, 3.05) is 19.8 Å². The number of rotatable bonds is 4. The maximum Gasteiger partial charge on any atom is 0.105 e. The van der Waals surface area contributed by atoms with Gasteiger partial charge in [-0.05, 0) is 12.3 Å². The van der Waals surface area contributed by atoms with Crippen molar-refractivity contribution in [1.82, 2.24) is 4.98 Å².